The lowest BCUT2D eigenvalue weighted by Crippen LogP contribution is -2.49. The average Bonchev–Trinajstić information content (AvgIpc) is 2.75. The molecule has 0 radical (unpaired) electrons. The number of carbonyl (C=O) groups excluding carboxylic acids is 1. The van der Waals surface area contributed by atoms with Crippen LogP contribution in [0.2, 0.25) is 0 Å². The van der Waals surface area contributed by atoms with Crippen LogP contribution in [-0.4, -0.2) is 71.7 Å². The molecule has 2 heterocycles. The van der Waals surface area contributed by atoms with Gasteiger partial charge in [-0.1, -0.05) is 30.9 Å². The second kappa shape index (κ2) is 9.90. The van der Waals surface area contributed by atoms with Gasteiger partial charge in [-0.05, 0) is 39.2 Å². The fourth-order valence-electron chi connectivity index (χ4n) is 3.45. The standard InChI is InChI=1S/C24H28FN3O3/c1-16-13-28(17(2)15-29)24(30)20-11-18(9-10-19-7-5-6-8-21(19)25)12-26-23(20)31-22(16)14-27(3)4/h5-8,11-12,16-17,22,29H,13-15H2,1-4H3/t16-,17-,22+/m0/s1. The molecule has 6 nitrogen and oxygen atoms in total. The number of carbonyl (C=O) groups is 1. The molecule has 0 fully saturated rings. The number of likely N-dealkylation sites (N-methyl/N-ethyl adjacent to an activating group) is 1. The van der Waals surface area contributed by atoms with Crippen molar-refractivity contribution < 1.29 is 19.0 Å². The lowest BCUT2D eigenvalue weighted by molar-refractivity contribution is 0.0348. The number of pyridine rings is 1. The average molecular weight is 426 g/mol. The largest absolute Gasteiger partial charge is 0.472 e. The van der Waals surface area contributed by atoms with Gasteiger partial charge < -0.3 is 19.6 Å². The van der Waals surface area contributed by atoms with E-state index < -0.39 is 5.82 Å². The molecule has 0 spiro atoms. The van der Waals surface area contributed by atoms with Crippen molar-refractivity contribution in [1.29, 1.82) is 0 Å². The van der Waals surface area contributed by atoms with E-state index in [1.165, 1.54) is 12.3 Å². The van der Waals surface area contributed by atoms with E-state index in [9.17, 15) is 14.3 Å². The summed E-state index contributed by atoms with van der Waals surface area (Å²) in [6.07, 6.45) is 1.34. The Balaban J connectivity index is 2.02. The van der Waals surface area contributed by atoms with Crippen molar-refractivity contribution in [2.24, 2.45) is 5.92 Å². The second-order valence-electron chi connectivity index (χ2n) is 8.19. The molecule has 3 rings (SSSR count). The number of aliphatic hydroxyl groups is 1. The molecule has 0 unspecified atom stereocenters. The SMILES string of the molecule is C[C@H]1CN([C@@H](C)CO)C(=O)c2cc(C#Cc3ccccc3F)cnc2O[C@@H]1CN(C)C. The van der Waals surface area contributed by atoms with Crippen molar-refractivity contribution in [2.45, 2.75) is 26.0 Å². The van der Waals surface area contributed by atoms with Crippen LogP contribution in [0.15, 0.2) is 36.5 Å². The van der Waals surface area contributed by atoms with Crippen molar-refractivity contribution in [3.05, 3.63) is 59.0 Å². The van der Waals surface area contributed by atoms with Crippen LogP contribution in [0.5, 0.6) is 5.88 Å². The summed E-state index contributed by atoms with van der Waals surface area (Å²) in [6, 6.07) is 7.53. The molecular formula is C24H28FN3O3. The number of aliphatic hydroxyl groups excluding tert-OH is 1. The summed E-state index contributed by atoms with van der Waals surface area (Å²) >= 11 is 0. The number of aromatic nitrogens is 1. The summed E-state index contributed by atoms with van der Waals surface area (Å²) in [7, 11) is 3.92. The molecule has 1 amide bonds. The molecule has 0 aliphatic carbocycles. The highest BCUT2D eigenvalue weighted by Gasteiger charge is 2.33. The Labute approximate surface area is 182 Å². The van der Waals surface area contributed by atoms with E-state index in [2.05, 4.69) is 16.8 Å². The fourth-order valence-corrected chi connectivity index (χ4v) is 3.45. The topological polar surface area (TPSA) is 65.9 Å². The molecule has 31 heavy (non-hydrogen) atoms. The third kappa shape index (κ3) is 5.40. The van der Waals surface area contributed by atoms with Gasteiger partial charge in [0.25, 0.3) is 5.91 Å². The smallest absolute Gasteiger partial charge is 0.259 e. The van der Waals surface area contributed by atoms with E-state index in [-0.39, 0.29) is 47.6 Å². The summed E-state index contributed by atoms with van der Waals surface area (Å²) in [5.41, 5.74) is 1.04. The Hall–Kier alpha value is -2.95. The lowest BCUT2D eigenvalue weighted by Gasteiger charge is -2.37. The number of halogens is 1. The maximum Gasteiger partial charge on any atom is 0.259 e. The molecule has 2 aromatic rings. The summed E-state index contributed by atoms with van der Waals surface area (Å²) in [5, 5.41) is 9.70. The van der Waals surface area contributed by atoms with E-state index in [1.807, 2.05) is 32.8 Å². The van der Waals surface area contributed by atoms with Crippen LogP contribution < -0.4 is 4.74 Å². The Bertz CT molecular complexity index is 999. The minimum atomic E-state index is -0.405. The summed E-state index contributed by atoms with van der Waals surface area (Å²) < 4.78 is 20.0. The number of amides is 1. The molecule has 1 aromatic heterocycles. The molecule has 1 aliphatic heterocycles. The molecule has 1 aliphatic rings. The predicted molar refractivity (Wildman–Crippen MR) is 116 cm³/mol. The second-order valence-corrected chi connectivity index (χ2v) is 8.19. The van der Waals surface area contributed by atoms with Crippen LogP contribution in [0, 0.1) is 23.6 Å². The minimum Gasteiger partial charge on any atom is -0.472 e. The molecule has 3 atom stereocenters. The van der Waals surface area contributed by atoms with E-state index in [4.69, 9.17) is 4.74 Å². The third-order valence-electron chi connectivity index (χ3n) is 5.28. The number of ether oxygens (including phenoxy) is 1. The number of rotatable bonds is 4. The third-order valence-corrected chi connectivity index (χ3v) is 5.28. The van der Waals surface area contributed by atoms with Crippen molar-refractivity contribution in [3.8, 4) is 17.7 Å². The zero-order chi connectivity index (χ0) is 22.5. The minimum absolute atomic E-state index is 0.0378. The van der Waals surface area contributed by atoms with Crippen LogP contribution in [0.1, 0.15) is 35.3 Å². The molecule has 1 N–H and O–H groups in total. The van der Waals surface area contributed by atoms with E-state index in [0.717, 1.165) is 0 Å². The van der Waals surface area contributed by atoms with Crippen LogP contribution in [-0.2, 0) is 0 Å². The monoisotopic (exact) mass is 425 g/mol. The van der Waals surface area contributed by atoms with Crippen LogP contribution in [0.25, 0.3) is 0 Å². The molecule has 1 aromatic carbocycles. The number of benzene rings is 1. The first-order chi connectivity index (χ1) is 14.8. The Morgan fingerprint density at radius 3 is 2.77 bits per heavy atom. The van der Waals surface area contributed by atoms with E-state index in [0.29, 0.717) is 18.7 Å². The van der Waals surface area contributed by atoms with Gasteiger partial charge in [0.15, 0.2) is 0 Å². The molecule has 0 saturated carbocycles. The lowest BCUT2D eigenvalue weighted by atomic mass is 10.00. The number of nitrogens with zero attached hydrogens (tertiary/aromatic N) is 3. The molecular weight excluding hydrogens is 397 g/mol. The van der Waals surface area contributed by atoms with Gasteiger partial charge in [0.05, 0.1) is 18.2 Å². The van der Waals surface area contributed by atoms with Crippen LogP contribution >= 0.6 is 0 Å². The quantitative estimate of drug-likeness (QED) is 0.762. The number of fused-ring (bicyclic) bond motifs is 1. The van der Waals surface area contributed by atoms with E-state index >= 15 is 0 Å². The normalized spacial score (nSPS) is 19.6. The Kier molecular flexibility index (Phi) is 7.26. The maximum atomic E-state index is 13.9. The molecule has 0 saturated heterocycles. The zero-order valence-electron chi connectivity index (χ0n) is 18.3. The van der Waals surface area contributed by atoms with Crippen molar-refractivity contribution >= 4 is 5.91 Å². The summed E-state index contributed by atoms with van der Waals surface area (Å²) in [6.45, 7) is 4.80. The zero-order valence-corrected chi connectivity index (χ0v) is 18.3. The maximum absolute atomic E-state index is 13.9. The Morgan fingerprint density at radius 2 is 2.10 bits per heavy atom. The first-order valence-corrected chi connectivity index (χ1v) is 10.3. The van der Waals surface area contributed by atoms with Gasteiger partial charge in [-0.25, -0.2) is 9.37 Å². The van der Waals surface area contributed by atoms with Crippen LogP contribution in [0.4, 0.5) is 4.39 Å². The fraction of sp³-hybridized carbons (Fsp3) is 0.417. The first-order valence-electron chi connectivity index (χ1n) is 10.3. The summed E-state index contributed by atoms with van der Waals surface area (Å²) in [5.74, 6) is 5.28. The van der Waals surface area contributed by atoms with Crippen LogP contribution in [0.3, 0.4) is 0 Å². The highest BCUT2D eigenvalue weighted by Crippen LogP contribution is 2.27. The van der Waals surface area contributed by atoms with Gasteiger partial charge in [-0.3, -0.25) is 4.79 Å². The van der Waals surface area contributed by atoms with Gasteiger partial charge >= 0.3 is 0 Å². The molecule has 7 heteroatoms. The highest BCUT2D eigenvalue weighted by atomic mass is 19.1. The van der Waals surface area contributed by atoms with Crippen molar-refractivity contribution in [2.75, 3.05) is 33.8 Å². The first kappa shape index (κ1) is 22.7. The molecule has 164 valence electrons. The molecule has 0 bridgehead atoms. The highest BCUT2D eigenvalue weighted by molar-refractivity contribution is 5.97. The van der Waals surface area contributed by atoms with Gasteiger partial charge in [-0.15, -0.1) is 0 Å². The predicted octanol–water partition coefficient (Wildman–Crippen LogP) is 2.40. The summed E-state index contributed by atoms with van der Waals surface area (Å²) in [4.78, 5) is 21.4. The number of hydrogen-bond acceptors (Lipinski definition) is 5. The van der Waals surface area contributed by atoms with Crippen molar-refractivity contribution in [1.82, 2.24) is 14.8 Å². The Morgan fingerprint density at radius 1 is 1.35 bits per heavy atom. The van der Waals surface area contributed by atoms with E-state index in [1.54, 1.807) is 29.2 Å². The van der Waals surface area contributed by atoms with Gasteiger partial charge in [0.1, 0.15) is 17.5 Å². The van der Waals surface area contributed by atoms with Gasteiger partial charge in [0, 0.05) is 30.8 Å². The van der Waals surface area contributed by atoms with Gasteiger partial charge in [0.2, 0.25) is 5.88 Å². The van der Waals surface area contributed by atoms with Crippen molar-refractivity contribution in [3.63, 3.8) is 0 Å². The number of hydrogen-bond donors (Lipinski definition) is 1. The van der Waals surface area contributed by atoms with Gasteiger partial charge in [-0.2, -0.15) is 0 Å².